The molecule has 0 bridgehead atoms. The maximum atomic E-state index is 13.5. The van der Waals surface area contributed by atoms with E-state index in [0.717, 1.165) is 13.0 Å². The third-order valence-corrected chi connectivity index (χ3v) is 3.46. The van der Waals surface area contributed by atoms with Crippen molar-refractivity contribution < 1.29 is 9.18 Å². The number of nitrogens with zero attached hydrogens (tertiary/aromatic N) is 1. The van der Waals surface area contributed by atoms with Crippen LogP contribution in [0.15, 0.2) is 24.3 Å². The summed E-state index contributed by atoms with van der Waals surface area (Å²) in [6.07, 6.45) is 1.25. The smallest absolute Gasteiger partial charge is 0.234 e. The van der Waals surface area contributed by atoms with Gasteiger partial charge in [0, 0.05) is 6.54 Å². The number of carbonyl (C=O) groups excluding carboxylic acids is 1. The Balaban J connectivity index is 2.35. The van der Waals surface area contributed by atoms with Crippen LogP contribution in [0.2, 0.25) is 0 Å². The molecule has 0 radical (unpaired) electrons. The van der Waals surface area contributed by atoms with E-state index in [1.165, 1.54) is 6.07 Å². The Kier molecular flexibility index (Phi) is 7.02. The minimum absolute atomic E-state index is 0.0954. The van der Waals surface area contributed by atoms with Crippen LogP contribution >= 0.6 is 15.9 Å². The van der Waals surface area contributed by atoms with Crippen molar-refractivity contribution in [3.8, 4) is 0 Å². The van der Waals surface area contributed by atoms with Crippen molar-refractivity contribution in [1.82, 2.24) is 10.2 Å². The van der Waals surface area contributed by atoms with E-state index in [1.54, 1.807) is 18.2 Å². The van der Waals surface area contributed by atoms with Crippen LogP contribution in [-0.4, -0.2) is 42.8 Å². The molecule has 0 heterocycles. The Morgan fingerprint density at radius 2 is 2.11 bits per heavy atom. The minimum atomic E-state index is -0.399. The van der Waals surface area contributed by atoms with Crippen LogP contribution in [0.5, 0.6) is 0 Å². The summed E-state index contributed by atoms with van der Waals surface area (Å²) in [5.74, 6) is -0.366. The molecule has 0 aliphatic rings. The Bertz CT molecular complexity index is 412. The molecule has 1 unspecified atom stereocenters. The molecule has 0 saturated heterocycles. The highest BCUT2D eigenvalue weighted by atomic mass is 79.9. The lowest BCUT2D eigenvalue weighted by Crippen LogP contribution is -2.34. The normalized spacial score (nSPS) is 12.5. The summed E-state index contributed by atoms with van der Waals surface area (Å²) in [5, 5.41) is 2.84. The SMILES string of the molecule is CN(C)CCCNC(=O)C(Br)Cc1ccccc1F. The molecule has 0 aromatic heterocycles. The molecular formula is C14H20BrFN2O. The Morgan fingerprint density at radius 1 is 1.42 bits per heavy atom. The van der Waals surface area contributed by atoms with Crippen LogP contribution in [0.25, 0.3) is 0 Å². The van der Waals surface area contributed by atoms with Gasteiger partial charge in [0.05, 0.1) is 4.83 Å². The van der Waals surface area contributed by atoms with Crippen molar-refractivity contribution in [3.63, 3.8) is 0 Å². The zero-order chi connectivity index (χ0) is 14.3. The molecule has 1 amide bonds. The predicted octanol–water partition coefficient (Wildman–Crippen LogP) is 2.20. The first-order valence-electron chi connectivity index (χ1n) is 6.30. The molecule has 1 rings (SSSR count). The van der Waals surface area contributed by atoms with Crippen LogP contribution in [0.3, 0.4) is 0 Å². The van der Waals surface area contributed by atoms with Crippen molar-refractivity contribution in [2.24, 2.45) is 0 Å². The van der Waals surface area contributed by atoms with Crippen LogP contribution < -0.4 is 5.32 Å². The molecule has 0 aliphatic carbocycles. The van der Waals surface area contributed by atoms with E-state index in [2.05, 4.69) is 26.1 Å². The van der Waals surface area contributed by atoms with E-state index in [-0.39, 0.29) is 11.7 Å². The topological polar surface area (TPSA) is 32.3 Å². The number of hydrogen-bond donors (Lipinski definition) is 1. The fourth-order valence-electron chi connectivity index (χ4n) is 1.67. The lowest BCUT2D eigenvalue weighted by Gasteiger charge is -2.13. The van der Waals surface area contributed by atoms with Gasteiger partial charge in [-0.15, -0.1) is 0 Å². The van der Waals surface area contributed by atoms with Gasteiger partial charge < -0.3 is 10.2 Å². The third kappa shape index (κ3) is 6.16. The second-order valence-corrected chi connectivity index (χ2v) is 5.82. The van der Waals surface area contributed by atoms with E-state index < -0.39 is 4.83 Å². The van der Waals surface area contributed by atoms with Gasteiger partial charge in [0.15, 0.2) is 0 Å². The van der Waals surface area contributed by atoms with Gasteiger partial charge in [0.1, 0.15) is 5.82 Å². The predicted molar refractivity (Wildman–Crippen MR) is 79.0 cm³/mol. The second kappa shape index (κ2) is 8.27. The largest absolute Gasteiger partial charge is 0.355 e. The van der Waals surface area contributed by atoms with Gasteiger partial charge in [0.2, 0.25) is 5.91 Å². The highest BCUT2D eigenvalue weighted by Gasteiger charge is 2.16. The summed E-state index contributed by atoms with van der Waals surface area (Å²) >= 11 is 3.31. The molecule has 1 atom stereocenters. The molecule has 1 aromatic rings. The monoisotopic (exact) mass is 330 g/mol. The molecule has 1 aromatic carbocycles. The van der Waals surface area contributed by atoms with Crippen molar-refractivity contribution in [2.75, 3.05) is 27.2 Å². The average molecular weight is 331 g/mol. The lowest BCUT2D eigenvalue weighted by atomic mass is 10.1. The highest BCUT2D eigenvalue weighted by molar-refractivity contribution is 9.10. The van der Waals surface area contributed by atoms with Crippen LogP contribution in [0, 0.1) is 5.82 Å². The zero-order valence-electron chi connectivity index (χ0n) is 11.3. The van der Waals surface area contributed by atoms with E-state index in [9.17, 15) is 9.18 Å². The standard InChI is InChI=1S/C14H20BrFN2O/c1-18(2)9-5-8-17-14(19)12(15)10-11-6-3-4-7-13(11)16/h3-4,6-7,12H,5,8-10H2,1-2H3,(H,17,19). The Morgan fingerprint density at radius 3 is 2.74 bits per heavy atom. The number of halogens is 2. The fourth-order valence-corrected chi connectivity index (χ4v) is 2.18. The molecule has 1 N–H and O–H groups in total. The average Bonchev–Trinajstić information content (AvgIpc) is 2.36. The van der Waals surface area contributed by atoms with Gasteiger partial charge in [-0.3, -0.25) is 4.79 Å². The minimum Gasteiger partial charge on any atom is -0.355 e. The maximum Gasteiger partial charge on any atom is 0.234 e. The van der Waals surface area contributed by atoms with Crippen molar-refractivity contribution in [2.45, 2.75) is 17.7 Å². The first-order chi connectivity index (χ1) is 9.00. The fraction of sp³-hybridized carbons (Fsp3) is 0.500. The van der Waals surface area contributed by atoms with Crippen LogP contribution in [0.1, 0.15) is 12.0 Å². The molecule has 0 fully saturated rings. The van der Waals surface area contributed by atoms with Crippen molar-refractivity contribution >= 4 is 21.8 Å². The van der Waals surface area contributed by atoms with E-state index in [1.807, 2.05) is 14.1 Å². The van der Waals surface area contributed by atoms with Crippen LogP contribution in [-0.2, 0) is 11.2 Å². The molecule has 0 spiro atoms. The summed E-state index contributed by atoms with van der Waals surface area (Å²) < 4.78 is 13.5. The van der Waals surface area contributed by atoms with E-state index in [0.29, 0.717) is 18.5 Å². The quantitative estimate of drug-likeness (QED) is 0.614. The number of carbonyl (C=O) groups is 1. The van der Waals surface area contributed by atoms with E-state index in [4.69, 9.17) is 0 Å². The van der Waals surface area contributed by atoms with Gasteiger partial charge in [-0.2, -0.15) is 0 Å². The molecular weight excluding hydrogens is 311 g/mol. The molecule has 106 valence electrons. The number of rotatable bonds is 7. The maximum absolute atomic E-state index is 13.5. The van der Waals surface area contributed by atoms with Crippen molar-refractivity contribution in [1.29, 1.82) is 0 Å². The molecule has 0 saturated carbocycles. The summed E-state index contributed by atoms with van der Waals surface area (Å²) in [5.41, 5.74) is 0.549. The van der Waals surface area contributed by atoms with Crippen molar-refractivity contribution in [3.05, 3.63) is 35.6 Å². The number of alkyl halides is 1. The number of benzene rings is 1. The van der Waals surface area contributed by atoms with E-state index >= 15 is 0 Å². The summed E-state index contributed by atoms with van der Waals surface area (Å²) in [6.45, 7) is 1.57. The third-order valence-electron chi connectivity index (χ3n) is 2.72. The van der Waals surface area contributed by atoms with Gasteiger partial charge in [-0.05, 0) is 45.1 Å². The number of nitrogens with one attached hydrogen (secondary N) is 1. The van der Waals surface area contributed by atoms with Gasteiger partial charge in [-0.1, -0.05) is 34.1 Å². The lowest BCUT2D eigenvalue weighted by molar-refractivity contribution is -0.120. The number of amides is 1. The second-order valence-electron chi connectivity index (χ2n) is 4.71. The van der Waals surface area contributed by atoms with Gasteiger partial charge >= 0.3 is 0 Å². The summed E-state index contributed by atoms with van der Waals surface area (Å²) in [6, 6.07) is 6.52. The molecule has 19 heavy (non-hydrogen) atoms. The van der Waals surface area contributed by atoms with Gasteiger partial charge in [0.25, 0.3) is 0 Å². The summed E-state index contributed by atoms with van der Waals surface area (Å²) in [7, 11) is 3.99. The molecule has 0 aliphatic heterocycles. The molecule has 3 nitrogen and oxygen atoms in total. The molecule has 5 heteroatoms. The van der Waals surface area contributed by atoms with Gasteiger partial charge in [-0.25, -0.2) is 4.39 Å². The Hall–Kier alpha value is -0.940. The Labute approximate surface area is 122 Å². The zero-order valence-corrected chi connectivity index (χ0v) is 12.9. The highest BCUT2D eigenvalue weighted by Crippen LogP contribution is 2.13. The number of hydrogen-bond acceptors (Lipinski definition) is 2. The first-order valence-corrected chi connectivity index (χ1v) is 7.22. The first kappa shape index (κ1) is 16.1. The summed E-state index contributed by atoms with van der Waals surface area (Å²) in [4.78, 5) is 13.5. The van der Waals surface area contributed by atoms with Crippen LogP contribution in [0.4, 0.5) is 4.39 Å².